The van der Waals surface area contributed by atoms with Gasteiger partial charge in [0.15, 0.2) is 5.78 Å². The minimum atomic E-state index is -0.185. The summed E-state index contributed by atoms with van der Waals surface area (Å²) in [6.45, 7) is 2.56. The first-order valence-electron chi connectivity index (χ1n) is 10.0. The Morgan fingerprint density at radius 3 is 2.61 bits per heavy atom. The summed E-state index contributed by atoms with van der Waals surface area (Å²) < 4.78 is 0. The van der Waals surface area contributed by atoms with Crippen molar-refractivity contribution in [3.8, 4) is 0 Å². The minimum Gasteiger partial charge on any atom is -0.335 e. The number of fused-ring (bicyclic) bond motifs is 2. The van der Waals surface area contributed by atoms with Crippen molar-refractivity contribution >= 4 is 28.8 Å². The molecule has 2 fully saturated rings. The average molecular weight is 398 g/mol. The Bertz CT molecular complexity index is 822. The normalized spacial score (nSPS) is 24.5. The van der Waals surface area contributed by atoms with Crippen molar-refractivity contribution in [3.63, 3.8) is 0 Å². The van der Waals surface area contributed by atoms with Gasteiger partial charge in [0.05, 0.1) is 0 Å². The van der Waals surface area contributed by atoms with Gasteiger partial charge < -0.3 is 10.6 Å². The van der Waals surface area contributed by atoms with Crippen LogP contribution in [0.2, 0.25) is 0 Å². The van der Waals surface area contributed by atoms with E-state index in [0.29, 0.717) is 23.3 Å². The van der Waals surface area contributed by atoms with E-state index in [9.17, 15) is 9.59 Å². The van der Waals surface area contributed by atoms with Gasteiger partial charge in [-0.15, -0.1) is 11.3 Å². The van der Waals surface area contributed by atoms with Crippen molar-refractivity contribution in [2.24, 2.45) is 0 Å². The van der Waals surface area contributed by atoms with E-state index in [4.69, 9.17) is 0 Å². The van der Waals surface area contributed by atoms with Crippen molar-refractivity contribution in [2.45, 2.75) is 63.7 Å². The summed E-state index contributed by atoms with van der Waals surface area (Å²) in [6.07, 6.45) is 5.71. The zero-order valence-electron chi connectivity index (χ0n) is 16.2. The van der Waals surface area contributed by atoms with E-state index in [0.717, 1.165) is 19.4 Å². The Labute approximate surface area is 170 Å². The molecule has 2 aromatic rings. The molecule has 4 rings (SSSR count). The lowest BCUT2D eigenvalue weighted by Crippen LogP contribution is -2.56. The van der Waals surface area contributed by atoms with E-state index < -0.39 is 0 Å². The summed E-state index contributed by atoms with van der Waals surface area (Å²) in [5.74, 6) is -0.00463. The van der Waals surface area contributed by atoms with Crippen LogP contribution in [-0.2, 0) is 6.54 Å². The van der Waals surface area contributed by atoms with Crippen LogP contribution in [0.25, 0.3) is 0 Å². The summed E-state index contributed by atoms with van der Waals surface area (Å²) in [5.41, 5.74) is 1.26. The molecule has 5 nitrogen and oxygen atoms in total. The Hall–Kier alpha value is -2.18. The first kappa shape index (κ1) is 19.2. The Balaban J connectivity index is 1.35. The lowest BCUT2D eigenvalue weighted by molar-refractivity contribution is 0.0208. The van der Waals surface area contributed by atoms with Gasteiger partial charge >= 0.3 is 6.03 Å². The highest BCUT2D eigenvalue weighted by atomic mass is 32.1. The van der Waals surface area contributed by atoms with E-state index in [2.05, 4.69) is 33.0 Å². The van der Waals surface area contributed by atoms with Crippen LogP contribution >= 0.6 is 11.3 Å². The lowest BCUT2D eigenvalue weighted by Gasteiger charge is -2.48. The number of Topliss-reactive ketones (excluding diaryl/α,β-unsaturated/α-hetero) is 1. The number of rotatable bonds is 5. The van der Waals surface area contributed by atoms with E-state index in [-0.39, 0.29) is 17.9 Å². The first-order valence-corrected chi connectivity index (χ1v) is 10.9. The smallest absolute Gasteiger partial charge is 0.319 e. The molecule has 3 heterocycles. The SMILES string of the molecule is CC(=O)c1cccc(NC(=O)NC2CC3CCCC(C2)N3Cc2cccs2)c1. The number of hydrogen-bond donors (Lipinski definition) is 2. The Kier molecular flexibility index (Phi) is 5.78. The van der Waals surface area contributed by atoms with Crippen LogP contribution < -0.4 is 10.6 Å². The topological polar surface area (TPSA) is 61.4 Å². The van der Waals surface area contributed by atoms with Crippen LogP contribution in [0, 0.1) is 0 Å². The largest absolute Gasteiger partial charge is 0.335 e. The number of anilines is 1. The molecule has 1 aromatic carbocycles. The van der Waals surface area contributed by atoms with Crippen molar-refractivity contribution < 1.29 is 9.59 Å². The highest BCUT2D eigenvalue weighted by Crippen LogP contribution is 2.35. The van der Waals surface area contributed by atoms with E-state index in [1.807, 2.05) is 17.4 Å². The third-order valence-corrected chi connectivity index (χ3v) is 6.77. The number of urea groups is 1. The fourth-order valence-corrected chi connectivity index (χ4v) is 5.32. The monoisotopic (exact) mass is 397 g/mol. The maximum absolute atomic E-state index is 12.5. The van der Waals surface area contributed by atoms with E-state index in [1.165, 1.54) is 31.1 Å². The number of amides is 2. The summed E-state index contributed by atoms with van der Waals surface area (Å²) in [6, 6.07) is 12.5. The maximum atomic E-state index is 12.5. The molecule has 0 saturated carbocycles. The van der Waals surface area contributed by atoms with Gasteiger partial charge in [-0.05, 0) is 56.2 Å². The molecule has 1 aromatic heterocycles. The second kappa shape index (κ2) is 8.45. The zero-order chi connectivity index (χ0) is 19.5. The second-order valence-electron chi connectivity index (χ2n) is 7.89. The maximum Gasteiger partial charge on any atom is 0.319 e. The van der Waals surface area contributed by atoms with Gasteiger partial charge in [-0.1, -0.05) is 24.6 Å². The van der Waals surface area contributed by atoms with Gasteiger partial charge in [-0.3, -0.25) is 9.69 Å². The summed E-state index contributed by atoms with van der Waals surface area (Å²) in [5, 5.41) is 8.19. The molecule has 2 unspecified atom stereocenters. The molecule has 0 radical (unpaired) electrons. The van der Waals surface area contributed by atoms with Gasteiger partial charge in [0.1, 0.15) is 0 Å². The van der Waals surface area contributed by atoms with E-state index in [1.54, 1.807) is 18.2 Å². The highest BCUT2D eigenvalue weighted by Gasteiger charge is 2.38. The molecule has 28 heavy (non-hydrogen) atoms. The molecule has 2 aliphatic heterocycles. The number of thiophene rings is 1. The second-order valence-corrected chi connectivity index (χ2v) is 8.93. The standard InChI is InChI=1S/C22H27N3O2S/c1-15(26)16-5-2-6-17(11-16)23-22(27)24-18-12-19-7-3-8-20(13-18)25(19)14-21-9-4-10-28-21/h2,4-6,9-11,18-20H,3,7-8,12-14H2,1H3,(H2,23,24,27). The predicted octanol–water partition coefficient (Wildman–Crippen LogP) is 4.66. The molecular weight excluding hydrogens is 370 g/mol. The fourth-order valence-electron chi connectivity index (χ4n) is 4.61. The van der Waals surface area contributed by atoms with Crippen molar-refractivity contribution in [2.75, 3.05) is 5.32 Å². The Morgan fingerprint density at radius 1 is 1.14 bits per heavy atom. The number of nitrogens with one attached hydrogen (secondary N) is 2. The van der Waals surface area contributed by atoms with Crippen molar-refractivity contribution in [1.82, 2.24) is 10.2 Å². The molecule has 0 aliphatic carbocycles. The zero-order valence-corrected chi connectivity index (χ0v) is 17.0. The number of nitrogens with zero attached hydrogens (tertiary/aromatic N) is 1. The molecular formula is C22H27N3O2S. The molecule has 2 bridgehead atoms. The van der Waals surface area contributed by atoms with Gasteiger partial charge in [0, 0.05) is 40.8 Å². The van der Waals surface area contributed by atoms with Gasteiger partial charge in [0.25, 0.3) is 0 Å². The molecule has 2 aliphatic rings. The predicted molar refractivity (Wildman–Crippen MR) is 113 cm³/mol. The van der Waals surface area contributed by atoms with Gasteiger partial charge in [0.2, 0.25) is 0 Å². The fraction of sp³-hybridized carbons (Fsp3) is 0.455. The first-order chi connectivity index (χ1) is 13.6. The summed E-state index contributed by atoms with van der Waals surface area (Å²) in [4.78, 5) is 28.1. The minimum absolute atomic E-state index is 0.00463. The number of carbonyl (C=O) groups is 2. The van der Waals surface area contributed by atoms with E-state index >= 15 is 0 Å². The number of carbonyl (C=O) groups excluding carboxylic acids is 2. The lowest BCUT2D eigenvalue weighted by atomic mass is 9.81. The van der Waals surface area contributed by atoms with Crippen LogP contribution in [0.4, 0.5) is 10.5 Å². The number of benzene rings is 1. The number of ketones is 1. The van der Waals surface area contributed by atoms with Gasteiger partial charge in [-0.25, -0.2) is 4.79 Å². The molecule has 148 valence electrons. The quantitative estimate of drug-likeness (QED) is 0.722. The van der Waals surface area contributed by atoms with Crippen LogP contribution in [0.5, 0.6) is 0 Å². The van der Waals surface area contributed by atoms with Crippen LogP contribution in [0.3, 0.4) is 0 Å². The van der Waals surface area contributed by atoms with Gasteiger partial charge in [-0.2, -0.15) is 0 Å². The van der Waals surface area contributed by atoms with Crippen LogP contribution in [0.15, 0.2) is 41.8 Å². The Morgan fingerprint density at radius 2 is 1.93 bits per heavy atom. The molecule has 6 heteroatoms. The molecule has 2 N–H and O–H groups in total. The third kappa shape index (κ3) is 4.45. The van der Waals surface area contributed by atoms with Crippen molar-refractivity contribution in [1.29, 1.82) is 0 Å². The molecule has 2 saturated heterocycles. The molecule has 0 spiro atoms. The summed E-state index contributed by atoms with van der Waals surface area (Å²) in [7, 11) is 0. The highest BCUT2D eigenvalue weighted by molar-refractivity contribution is 7.09. The third-order valence-electron chi connectivity index (χ3n) is 5.91. The summed E-state index contributed by atoms with van der Waals surface area (Å²) >= 11 is 1.83. The van der Waals surface area contributed by atoms with Crippen LogP contribution in [0.1, 0.15) is 54.3 Å². The number of piperidine rings is 2. The van der Waals surface area contributed by atoms with Crippen molar-refractivity contribution in [3.05, 3.63) is 52.2 Å². The molecule has 2 atom stereocenters. The van der Waals surface area contributed by atoms with Crippen LogP contribution in [-0.4, -0.2) is 34.8 Å². The average Bonchev–Trinajstić information content (AvgIpc) is 3.15. The number of hydrogen-bond acceptors (Lipinski definition) is 4. The molecule has 2 amide bonds.